The highest BCUT2D eigenvalue weighted by Crippen LogP contribution is 2.40. The lowest BCUT2D eigenvalue weighted by atomic mass is 9.62. The fourth-order valence-corrected chi connectivity index (χ4v) is 7.59. The molecule has 0 unspecified atom stereocenters. The van der Waals surface area contributed by atoms with Crippen molar-refractivity contribution in [2.75, 3.05) is 20.2 Å². The highest BCUT2D eigenvalue weighted by Gasteiger charge is 2.58. The number of methoxy groups -OCH3 is 1. The summed E-state index contributed by atoms with van der Waals surface area (Å²) in [6, 6.07) is -0.689. The summed E-state index contributed by atoms with van der Waals surface area (Å²) in [4.78, 5) is 46.5. The molecule has 0 radical (unpaired) electrons. The summed E-state index contributed by atoms with van der Waals surface area (Å²) in [7, 11) is 3.69. The van der Waals surface area contributed by atoms with Crippen LogP contribution in [-0.2, 0) is 30.3 Å². The second kappa shape index (κ2) is 14.8. The summed E-state index contributed by atoms with van der Waals surface area (Å²) in [6.07, 6.45) is 7.25. The molecule has 14 heteroatoms. The molecule has 2 aliphatic heterocycles. The lowest BCUT2D eigenvalue weighted by Gasteiger charge is -2.41. The van der Waals surface area contributed by atoms with Crippen LogP contribution in [0.15, 0.2) is 29.9 Å². The van der Waals surface area contributed by atoms with Crippen molar-refractivity contribution >= 4 is 37.0 Å². The SMILES string of the molecule is B[C@@H]1[C@@H](C)C(=O)[C@@H](C)C(=O)O[C@H](CC)[C@@]2(C)OC(=O)N(C/C=C/Cn3cc(-c4nccs4)nn3)[C@@H]2[C@@H](C)NC[C@H](C)C[C@@]1(C)OC. The van der Waals surface area contributed by atoms with E-state index in [0.29, 0.717) is 31.6 Å². The lowest BCUT2D eigenvalue weighted by molar-refractivity contribution is -0.170. The molecule has 4 heterocycles. The third kappa shape index (κ3) is 7.39. The molecule has 46 heavy (non-hydrogen) atoms. The maximum Gasteiger partial charge on any atom is 0.411 e. The van der Waals surface area contributed by atoms with Crippen molar-refractivity contribution in [1.82, 2.24) is 30.2 Å². The van der Waals surface area contributed by atoms with Gasteiger partial charge in [0.1, 0.15) is 36.4 Å². The smallest absolute Gasteiger partial charge is 0.411 e. The van der Waals surface area contributed by atoms with Crippen LogP contribution in [0.25, 0.3) is 10.7 Å². The first-order chi connectivity index (χ1) is 21.8. The van der Waals surface area contributed by atoms with Crippen LogP contribution in [0, 0.1) is 17.8 Å². The molecule has 9 atom stereocenters. The number of allylic oxidation sites excluding steroid dienone is 1. The number of ether oxygens (including phenoxy) is 3. The zero-order valence-electron chi connectivity index (χ0n) is 28.6. The van der Waals surface area contributed by atoms with E-state index < -0.39 is 47.2 Å². The van der Waals surface area contributed by atoms with Crippen LogP contribution in [0.5, 0.6) is 0 Å². The van der Waals surface area contributed by atoms with Gasteiger partial charge >= 0.3 is 12.1 Å². The number of nitrogens with zero attached hydrogens (tertiary/aromatic N) is 5. The Morgan fingerprint density at radius 1 is 1.17 bits per heavy atom. The van der Waals surface area contributed by atoms with Crippen LogP contribution in [0.1, 0.15) is 61.3 Å². The molecule has 4 rings (SSSR count). The van der Waals surface area contributed by atoms with E-state index in [1.807, 2.05) is 66.2 Å². The summed E-state index contributed by atoms with van der Waals surface area (Å²) in [5.41, 5.74) is -1.04. The number of esters is 1. The second-order valence-electron chi connectivity index (χ2n) is 13.3. The summed E-state index contributed by atoms with van der Waals surface area (Å²) in [6.45, 7) is 14.8. The third-order valence-corrected chi connectivity index (χ3v) is 10.9. The van der Waals surface area contributed by atoms with E-state index >= 15 is 0 Å². The number of Topliss-reactive ketones (excluding diaryl/α,β-unsaturated/α-hetero) is 1. The predicted molar refractivity (Wildman–Crippen MR) is 178 cm³/mol. The number of amides is 1. The molecule has 0 bridgehead atoms. The molecule has 0 spiro atoms. The van der Waals surface area contributed by atoms with Crippen molar-refractivity contribution in [2.24, 2.45) is 17.8 Å². The van der Waals surface area contributed by atoms with E-state index in [0.717, 1.165) is 5.01 Å². The summed E-state index contributed by atoms with van der Waals surface area (Å²) in [5, 5.41) is 14.7. The number of rotatable bonds is 7. The number of fused-ring (bicyclic) bond motifs is 1. The number of cyclic esters (lactones) is 1. The molecule has 1 N–H and O–H groups in total. The maximum atomic E-state index is 13.6. The predicted octanol–water partition coefficient (Wildman–Crippen LogP) is 3.55. The van der Waals surface area contributed by atoms with E-state index in [9.17, 15) is 14.4 Å². The van der Waals surface area contributed by atoms with Gasteiger partial charge in [0, 0.05) is 37.2 Å². The van der Waals surface area contributed by atoms with E-state index in [-0.39, 0.29) is 30.1 Å². The average Bonchev–Trinajstić information content (AvgIpc) is 3.78. The maximum absolute atomic E-state index is 13.6. The van der Waals surface area contributed by atoms with E-state index in [2.05, 4.69) is 27.5 Å². The molecule has 0 aromatic carbocycles. The van der Waals surface area contributed by atoms with Crippen LogP contribution < -0.4 is 5.32 Å². The van der Waals surface area contributed by atoms with E-state index in [1.54, 1.807) is 29.8 Å². The van der Waals surface area contributed by atoms with Gasteiger partial charge in [-0.15, -0.1) is 16.4 Å². The van der Waals surface area contributed by atoms with Gasteiger partial charge < -0.3 is 19.5 Å². The fourth-order valence-electron chi connectivity index (χ4n) is 7.00. The fraction of sp³-hybridized carbons (Fsp3) is 0.688. The first-order valence-corrected chi connectivity index (χ1v) is 17.1. The van der Waals surface area contributed by atoms with Crippen molar-refractivity contribution in [2.45, 2.75) is 103 Å². The Bertz CT molecular complexity index is 1390. The largest absolute Gasteiger partial charge is 0.458 e. The molecular formula is C32H49BN6O6S. The summed E-state index contributed by atoms with van der Waals surface area (Å²) >= 11 is 1.50. The van der Waals surface area contributed by atoms with E-state index in [4.69, 9.17) is 14.2 Å². The Hall–Kier alpha value is -3.10. The Labute approximate surface area is 277 Å². The van der Waals surface area contributed by atoms with Gasteiger partial charge in [-0.05, 0) is 58.8 Å². The van der Waals surface area contributed by atoms with Crippen LogP contribution in [-0.4, -0.2) is 100 Å². The van der Waals surface area contributed by atoms with Gasteiger partial charge in [0.15, 0.2) is 5.60 Å². The van der Waals surface area contributed by atoms with Crippen molar-refractivity contribution in [3.8, 4) is 10.7 Å². The van der Waals surface area contributed by atoms with Gasteiger partial charge in [-0.1, -0.05) is 38.1 Å². The normalized spacial score (nSPS) is 35.0. The van der Waals surface area contributed by atoms with Crippen molar-refractivity contribution in [3.05, 3.63) is 29.9 Å². The summed E-state index contributed by atoms with van der Waals surface area (Å²) in [5.74, 6) is -2.15. The minimum atomic E-state index is -1.16. The van der Waals surface area contributed by atoms with Gasteiger partial charge in [0.25, 0.3) is 0 Å². The average molecular weight is 657 g/mol. The first kappa shape index (κ1) is 35.8. The van der Waals surface area contributed by atoms with Gasteiger partial charge in [-0.3, -0.25) is 14.5 Å². The van der Waals surface area contributed by atoms with Crippen LogP contribution >= 0.6 is 11.3 Å². The molecule has 0 aliphatic carbocycles. The number of hydrogen-bond acceptors (Lipinski definition) is 11. The monoisotopic (exact) mass is 656 g/mol. The Morgan fingerprint density at radius 2 is 1.89 bits per heavy atom. The van der Waals surface area contributed by atoms with Crippen molar-refractivity contribution in [1.29, 1.82) is 0 Å². The van der Waals surface area contributed by atoms with Crippen LogP contribution in [0.3, 0.4) is 0 Å². The van der Waals surface area contributed by atoms with Gasteiger partial charge in [-0.25, -0.2) is 14.5 Å². The number of thiazole rings is 1. The van der Waals surface area contributed by atoms with Crippen molar-refractivity contribution < 1.29 is 28.6 Å². The minimum absolute atomic E-state index is 0.135. The Kier molecular flexibility index (Phi) is 11.5. The highest BCUT2D eigenvalue weighted by molar-refractivity contribution is 7.13. The molecule has 2 aromatic rings. The zero-order valence-corrected chi connectivity index (χ0v) is 29.4. The number of carbonyl (C=O) groups excluding carboxylic acids is 3. The zero-order chi connectivity index (χ0) is 33.8. The number of carbonyl (C=O) groups is 3. The molecule has 2 saturated heterocycles. The Balaban J connectivity index is 1.59. The standard InChI is InChI=1S/C32H49BN6O6S/c1-9-24-32(7)27(39(30(42)45-32)14-11-10-13-38-18-23(36-37-38)28-34-12-15-46-28)22(5)35-17-19(2)16-31(6,43-8)26(33)20(3)25(40)21(4)29(41)44-24/h10-12,15,18-22,24,26-27,35H,9,13-14,16-17,33H2,1-8H3/b11-10+/t19-,20+,21-,22-,24-,26-,27-,31-,32-/m1/s1. The number of ketones is 1. The number of aromatic nitrogens is 4. The first-order valence-electron chi connectivity index (χ1n) is 16.2. The Morgan fingerprint density at radius 3 is 2.54 bits per heavy atom. The lowest BCUT2D eigenvalue weighted by Crippen LogP contribution is -2.60. The molecule has 2 aromatic heterocycles. The molecular weight excluding hydrogens is 607 g/mol. The van der Waals surface area contributed by atoms with Gasteiger partial charge in [0.05, 0.1) is 24.4 Å². The summed E-state index contributed by atoms with van der Waals surface area (Å²) < 4.78 is 19.9. The molecule has 1 amide bonds. The van der Waals surface area contributed by atoms with Gasteiger partial charge in [0.2, 0.25) is 0 Å². The van der Waals surface area contributed by atoms with Crippen LogP contribution in [0.4, 0.5) is 4.79 Å². The molecule has 0 saturated carbocycles. The highest BCUT2D eigenvalue weighted by atomic mass is 32.1. The van der Waals surface area contributed by atoms with Gasteiger partial charge in [-0.2, -0.15) is 0 Å². The minimum Gasteiger partial charge on any atom is -0.458 e. The third-order valence-electron chi connectivity index (χ3n) is 10.1. The van der Waals surface area contributed by atoms with E-state index in [1.165, 1.54) is 11.3 Å². The molecule has 2 fully saturated rings. The van der Waals surface area contributed by atoms with Crippen LogP contribution in [0.2, 0.25) is 5.82 Å². The number of hydrogen-bond donors (Lipinski definition) is 1. The molecule has 2 aliphatic rings. The second-order valence-corrected chi connectivity index (χ2v) is 14.2. The van der Waals surface area contributed by atoms with Crippen molar-refractivity contribution in [3.63, 3.8) is 0 Å². The molecule has 252 valence electrons. The quantitative estimate of drug-likeness (QED) is 0.204. The molecule has 12 nitrogen and oxygen atoms in total. The number of nitrogens with one attached hydrogen (secondary N) is 1. The topological polar surface area (TPSA) is 138 Å².